The Labute approximate surface area is 138 Å². The number of pyridine rings is 1. The van der Waals surface area contributed by atoms with Crippen molar-refractivity contribution in [3.05, 3.63) is 59.2 Å². The molecule has 124 valence electrons. The first kappa shape index (κ1) is 17.5. The van der Waals surface area contributed by atoms with Crippen LogP contribution in [-0.2, 0) is 17.3 Å². The van der Waals surface area contributed by atoms with Crippen molar-refractivity contribution < 1.29 is 9.13 Å². The van der Waals surface area contributed by atoms with Crippen molar-refractivity contribution in [3.63, 3.8) is 0 Å². The average molecular weight is 315 g/mol. The van der Waals surface area contributed by atoms with E-state index in [1.54, 1.807) is 19.4 Å². The fourth-order valence-electron chi connectivity index (χ4n) is 2.62. The van der Waals surface area contributed by atoms with Crippen LogP contribution in [0.1, 0.15) is 51.4 Å². The first-order valence-corrected chi connectivity index (χ1v) is 7.93. The molecule has 2 rings (SSSR count). The first-order chi connectivity index (χ1) is 10.6. The van der Waals surface area contributed by atoms with Gasteiger partial charge in [0, 0.05) is 22.9 Å². The van der Waals surface area contributed by atoms with Crippen molar-refractivity contribution in [2.45, 2.75) is 51.9 Å². The molecule has 0 bridgehead atoms. The lowest BCUT2D eigenvalue weighted by Crippen LogP contribution is -2.22. The van der Waals surface area contributed by atoms with Crippen molar-refractivity contribution in [1.29, 1.82) is 0 Å². The molecule has 0 atom stereocenters. The topological polar surface area (TPSA) is 22.1 Å². The molecule has 3 heteroatoms. The van der Waals surface area contributed by atoms with Crippen LogP contribution in [0.15, 0.2) is 36.5 Å². The predicted octanol–water partition coefficient (Wildman–Crippen LogP) is 5.05. The summed E-state index contributed by atoms with van der Waals surface area (Å²) in [7, 11) is 1.65. The summed E-state index contributed by atoms with van der Waals surface area (Å²) in [6, 6.07) is 9.52. The van der Waals surface area contributed by atoms with Gasteiger partial charge in [-0.2, -0.15) is 0 Å². The summed E-state index contributed by atoms with van der Waals surface area (Å²) >= 11 is 0. The van der Waals surface area contributed by atoms with Gasteiger partial charge in [-0.1, -0.05) is 46.8 Å². The number of hydrogen-bond acceptors (Lipinski definition) is 2. The van der Waals surface area contributed by atoms with Crippen molar-refractivity contribution in [1.82, 2.24) is 4.98 Å². The van der Waals surface area contributed by atoms with Crippen LogP contribution in [-0.4, -0.2) is 12.1 Å². The lowest BCUT2D eigenvalue weighted by molar-refractivity contribution is 0.413. The zero-order chi connectivity index (χ0) is 17.3. The lowest BCUT2D eigenvalue weighted by Gasteiger charge is -2.26. The molecule has 0 N–H and O–H groups in total. The van der Waals surface area contributed by atoms with E-state index in [0.29, 0.717) is 12.0 Å². The molecule has 0 saturated heterocycles. The first-order valence-electron chi connectivity index (χ1n) is 7.93. The normalized spacial score (nSPS) is 12.3. The van der Waals surface area contributed by atoms with Crippen molar-refractivity contribution in [3.8, 4) is 5.75 Å². The Morgan fingerprint density at radius 3 is 2.13 bits per heavy atom. The van der Waals surface area contributed by atoms with E-state index in [-0.39, 0.29) is 16.6 Å². The number of ether oxygens (including phenoxy) is 1. The van der Waals surface area contributed by atoms with Gasteiger partial charge in [0.1, 0.15) is 11.6 Å². The molecule has 0 radical (unpaired) electrons. The largest absolute Gasteiger partial charge is 0.497 e. The molecule has 0 amide bonds. The summed E-state index contributed by atoms with van der Waals surface area (Å²) in [5, 5.41) is 0. The smallest absolute Gasteiger partial charge is 0.129 e. The average Bonchev–Trinajstić information content (AvgIpc) is 2.48. The maximum absolute atomic E-state index is 14.5. The molecule has 0 unspecified atom stereocenters. The summed E-state index contributed by atoms with van der Waals surface area (Å²) in [5.41, 5.74) is 2.25. The Kier molecular flexibility index (Phi) is 4.79. The summed E-state index contributed by atoms with van der Waals surface area (Å²) in [6.45, 7) is 10.3. The van der Waals surface area contributed by atoms with E-state index in [4.69, 9.17) is 4.74 Å². The van der Waals surface area contributed by atoms with Gasteiger partial charge in [-0.05, 0) is 35.6 Å². The van der Waals surface area contributed by atoms with Crippen molar-refractivity contribution >= 4 is 0 Å². The van der Waals surface area contributed by atoms with Crippen LogP contribution in [0.2, 0.25) is 0 Å². The molecule has 23 heavy (non-hydrogen) atoms. The van der Waals surface area contributed by atoms with E-state index in [1.807, 2.05) is 45.0 Å². The summed E-state index contributed by atoms with van der Waals surface area (Å²) in [4.78, 5) is 4.46. The molecule has 0 aliphatic carbocycles. The standard InChI is InChI=1S/C20H26FNO/c1-19(2,3)18-11-17(21)14(13-22-18)12-20(4,5)15-7-9-16(23-6)10-8-15/h7-11,13H,12H2,1-6H3. The van der Waals surface area contributed by atoms with Gasteiger partial charge in [-0.15, -0.1) is 0 Å². The van der Waals surface area contributed by atoms with Crippen molar-refractivity contribution in [2.24, 2.45) is 0 Å². The van der Waals surface area contributed by atoms with Gasteiger partial charge in [0.25, 0.3) is 0 Å². The maximum Gasteiger partial charge on any atom is 0.129 e. The zero-order valence-electron chi connectivity index (χ0n) is 14.9. The lowest BCUT2D eigenvalue weighted by atomic mass is 9.79. The van der Waals surface area contributed by atoms with Crippen LogP contribution in [0.4, 0.5) is 4.39 Å². The third-order valence-corrected chi connectivity index (χ3v) is 4.20. The number of halogens is 1. The van der Waals surface area contributed by atoms with Gasteiger partial charge >= 0.3 is 0 Å². The highest BCUT2D eigenvalue weighted by Gasteiger charge is 2.24. The SMILES string of the molecule is COc1ccc(C(C)(C)Cc2cnc(C(C)(C)C)cc2F)cc1. The third kappa shape index (κ3) is 4.10. The maximum atomic E-state index is 14.5. The van der Waals surface area contributed by atoms with Gasteiger partial charge in [0.2, 0.25) is 0 Å². The second-order valence-corrected chi connectivity index (χ2v) is 7.70. The van der Waals surface area contributed by atoms with Crippen molar-refractivity contribution in [2.75, 3.05) is 7.11 Å². The minimum Gasteiger partial charge on any atom is -0.497 e. The minimum atomic E-state index is -0.182. The number of nitrogens with zero attached hydrogens (tertiary/aromatic N) is 1. The molecule has 2 aromatic rings. The van der Waals surface area contributed by atoms with E-state index in [0.717, 1.165) is 17.0 Å². The van der Waals surface area contributed by atoms with Crippen LogP contribution in [0, 0.1) is 5.82 Å². The van der Waals surface area contributed by atoms with Crippen LogP contribution in [0.3, 0.4) is 0 Å². The van der Waals surface area contributed by atoms with Crippen LogP contribution < -0.4 is 4.74 Å². The van der Waals surface area contributed by atoms with Crippen LogP contribution >= 0.6 is 0 Å². The number of aromatic nitrogens is 1. The minimum absolute atomic E-state index is 0.148. The highest BCUT2D eigenvalue weighted by atomic mass is 19.1. The molecule has 0 spiro atoms. The van der Waals surface area contributed by atoms with E-state index in [2.05, 4.69) is 18.8 Å². The second kappa shape index (κ2) is 6.31. The molecule has 0 saturated carbocycles. The predicted molar refractivity (Wildman–Crippen MR) is 92.6 cm³/mol. The molecule has 1 aromatic heterocycles. The quantitative estimate of drug-likeness (QED) is 0.788. The van der Waals surface area contributed by atoms with E-state index < -0.39 is 0 Å². The van der Waals surface area contributed by atoms with Gasteiger partial charge < -0.3 is 4.74 Å². The molecular weight excluding hydrogens is 289 g/mol. The Bertz CT molecular complexity index is 669. The fraction of sp³-hybridized carbons (Fsp3) is 0.450. The van der Waals surface area contributed by atoms with Gasteiger partial charge in [0.15, 0.2) is 0 Å². The van der Waals surface area contributed by atoms with Crippen LogP contribution in [0.5, 0.6) is 5.75 Å². The molecule has 0 aliphatic rings. The number of hydrogen-bond donors (Lipinski definition) is 0. The highest BCUT2D eigenvalue weighted by Crippen LogP contribution is 2.30. The zero-order valence-corrected chi connectivity index (χ0v) is 14.9. The molecule has 2 nitrogen and oxygen atoms in total. The molecule has 0 aliphatic heterocycles. The second-order valence-electron chi connectivity index (χ2n) is 7.70. The Hall–Kier alpha value is -1.90. The Morgan fingerprint density at radius 2 is 1.65 bits per heavy atom. The third-order valence-electron chi connectivity index (χ3n) is 4.20. The summed E-state index contributed by atoms with van der Waals surface area (Å²) in [5.74, 6) is 0.651. The van der Waals surface area contributed by atoms with Gasteiger partial charge in [-0.25, -0.2) is 4.39 Å². The van der Waals surface area contributed by atoms with E-state index in [1.165, 1.54) is 0 Å². The van der Waals surface area contributed by atoms with Gasteiger partial charge in [-0.3, -0.25) is 4.98 Å². The monoisotopic (exact) mass is 315 g/mol. The van der Waals surface area contributed by atoms with E-state index >= 15 is 0 Å². The number of benzene rings is 1. The fourth-order valence-corrected chi connectivity index (χ4v) is 2.62. The van der Waals surface area contributed by atoms with E-state index in [9.17, 15) is 4.39 Å². The number of methoxy groups -OCH3 is 1. The summed E-state index contributed by atoms with van der Waals surface area (Å²) < 4.78 is 19.7. The highest BCUT2D eigenvalue weighted by molar-refractivity contribution is 5.33. The number of rotatable bonds is 4. The molecular formula is C20H26FNO. The Balaban J connectivity index is 2.25. The van der Waals surface area contributed by atoms with Gasteiger partial charge in [0.05, 0.1) is 7.11 Å². The summed E-state index contributed by atoms with van der Waals surface area (Å²) in [6.07, 6.45) is 2.28. The Morgan fingerprint density at radius 1 is 1.04 bits per heavy atom. The molecule has 1 heterocycles. The van der Waals surface area contributed by atoms with Crippen LogP contribution in [0.25, 0.3) is 0 Å². The molecule has 0 fully saturated rings. The molecule has 1 aromatic carbocycles.